The minimum absolute atomic E-state index is 0.0425. The summed E-state index contributed by atoms with van der Waals surface area (Å²) in [5.41, 5.74) is 0.437. The van der Waals surface area contributed by atoms with E-state index < -0.39 is 0 Å². The maximum atomic E-state index is 12.6. The van der Waals surface area contributed by atoms with E-state index in [1.807, 2.05) is 4.90 Å². The van der Waals surface area contributed by atoms with Crippen molar-refractivity contribution in [1.82, 2.24) is 19.9 Å². The predicted molar refractivity (Wildman–Crippen MR) is 106 cm³/mol. The van der Waals surface area contributed by atoms with Crippen molar-refractivity contribution in [3.8, 4) is 0 Å². The number of likely N-dealkylation sites (tertiary alicyclic amines) is 1. The zero-order valence-electron chi connectivity index (χ0n) is 13.8. The third kappa shape index (κ3) is 4.78. The number of pyridine rings is 1. The first-order chi connectivity index (χ1) is 12.0. The number of carbonyl (C=O) groups excluding carboxylic acids is 1. The SMILES string of the molecule is CC(Nc1ncc(I)cn1)C1CCCN(C(=O)c2ccc(Cl)cn2)C1. The van der Waals surface area contributed by atoms with Crippen molar-refractivity contribution in [2.45, 2.75) is 25.8 Å². The lowest BCUT2D eigenvalue weighted by Gasteiger charge is -2.35. The fraction of sp³-hybridized carbons (Fsp3) is 0.412. The van der Waals surface area contributed by atoms with Crippen molar-refractivity contribution >= 4 is 46.0 Å². The highest BCUT2D eigenvalue weighted by Crippen LogP contribution is 2.23. The van der Waals surface area contributed by atoms with Crippen LogP contribution in [0.3, 0.4) is 0 Å². The first-order valence-electron chi connectivity index (χ1n) is 8.18. The van der Waals surface area contributed by atoms with Gasteiger partial charge in [-0.1, -0.05) is 11.6 Å². The van der Waals surface area contributed by atoms with Crippen molar-refractivity contribution in [3.05, 3.63) is 45.0 Å². The monoisotopic (exact) mass is 471 g/mol. The maximum Gasteiger partial charge on any atom is 0.272 e. The smallest absolute Gasteiger partial charge is 0.272 e. The molecule has 1 amide bonds. The lowest BCUT2D eigenvalue weighted by atomic mass is 9.91. The number of carbonyl (C=O) groups is 1. The normalized spacial score (nSPS) is 18.7. The van der Waals surface area contributed by atoms with Gasteiger partial charge in [0.15, 0.2) is 0 Å². The Kier molecular flexibility index (Phi) is 6.06. The molecule has 2 unspecified atom stereocenters. The molecule has 132 valence electrons. The molecule has 0 aliphatic carbocycles. The van der Waals surface area contributed by atoms with E-state index >= 15 is 0 Å². The van der Waals surface area contributed by atoms with E-state index in [-0.39, 0.29) is 11.9 Å². The van der Waals surface area contributed by atoms with E-state index in [9.17, 15) is 4.79 Å². The minimum atomic E-state index is -0.0425. The quantitative estimate of drug-likeness (QED) is 0.691. The summed E-state index contributed by atoms with van der Waals surface area (Å²) in [6.07, 6.45) is 7.12. The van der Waals surface area contributed by atoms with Crippen LogP contribution in [0.15, 0.2) is 30.7 Å². The van der Waals surface area contributed by atoms with Crippen LogP contribution >= 0.6 is 34.2 Å². The third-order valence-corrected chi connectivity index (χ3v) is 5.16. The number of rotatable bonds is 4. The van der Waals surface area contributed by atoms with E-state index in [1.165, 1.54) is 6.20 Å². The Hall–Kier alpha value is -1.48. The second-order valence-corrected chi connectivity index (χ2v) is 7.86. The summed E-state index contributed by atoms with van der Waals surface area (Å²) in [7, 11) is 0. The molecule has 1 fully saturated rings. The van der Waals surface area contributed by atoms with E-state index in [4.69, 9.17) is 11.6 Å². The summed E-state index contributed by atoms with van der Waals surface area (Å²) in [6.45, 7) is 3.56. The summed E-state index contributed by atoms with van der Waals surface area (Å²) in [6, 6.07) is 3.55. The van der Waals surface area contributed by atoms with Gasteiger partial charge in [0, 0.05) is 41.3 Å². The Morgan fingerprint density at radius 2 is 2.08 bits per heavy atom. The first-order valence-corrected chi connectivity index (χ1v) is 9.63. The summed E-state index contributed by atoms with van der Waals surface area (Å²) >= 11 is 8.03. The van der Waals surface area contributed by atoms with Crippen LogP contribution in [0, 0.1) is 9.49 Å². The van der Waals surface area contributed by atoms with Crippen molar-refractivity contribution in [1.29, 1.82) is 0 Å². The molecule has 0 spiro atoms. The summed E-state index contributed by atoms with van der Waals surface area (Å²) in [5.74, 6) is 0.919. The number of piperidine rings is 1. The van der Waals surface area contributed by atoms with Gasteiger partial charge in [-0.05, 0) is 60.4 Å². The Morgan fingerprint density at radius 1 is 1.32 bits per heavy atom. The Labute approximate surface area is 165 Å². The molecule has 0 radical (unpaired) electrons. The van der Waals surface area contributed by atoms with Crippen LogP contribution in [0.5, 0.6) is 0 Å². The zero-order valence-corrected chi connectivity index (χ0v) is 16.7. The fourth-order valence-corrected chi connectivity index (χ4v) is 3.37. The molecule has 2 aromatic rings. The van der Waals surface area contributed by atoms with Crippen LogP contribution in [-0.4, -0.2) is 44.9 Å². The molecule has 0 bridgehead atoms. The van der Waals surface area contributed by atoms with Crippen LogP contribution in [0.1, 0.15) is 30.3 Å². The van der Waals surface area contributed by atoms with Gasteiger partial charge in [-0.15, -0.1) is 0 Å². The molecule has 1 aliphatic heterocycles. The molecule has 3 heterocycles. The number of halogens is 2. The molecule has 0 aromatic carbocycles. The highest BCUT2D eigenvalue weighted by Gasteiger charge is 2.28. The molecule has 1 saturated heterocycles. The number of aromatic nitrogens is 3. The summed E-state index contributed by atoms with van der Waals surface area (Å²) < 4.78 is 1.00. The van der Waals surface area contributed by atoms with Crippen LogP contribution < -0.4 is 5.32 Å². The van der Waals surface area contributed by atoms with Gasteiger partial charge in [-0.2, -0.15) is 0 Å². The number of nitrogens with zero attached hydrogens (tertiary/aromatic N) is 4. The Balaban J connectivity index is 1.62. The van der Waals surface area contributed by atoms with E-state index in [0.717, 1.165) is 23.0 Å². The lowest BCUT2D eigenvalue weighted by Crippen LogP contribution is -2.45. The third-order valence-electron chi connectivity index (χ3n) is 4.38. The molecule has 1 aliphatic rings. The van der Waals surface area contributed by atoms with Gasteiger partial charge in [-0.3, -0.25) is 4.79 Å². The van der Waals surface area contributed by atoms with Crippen LogP contribution in [0.2, 0.25) is 5.02 Å². The summed E-state index contributed by atoms with van der Waals surface area (Å²) in [4.78, 5) is 27.2. The van der Waals surface area contributed by atoms with Gasteiger partial charge in [0.25, 0.3) is 5.91 Å². The molecular weight excluding hydrogens is 453 g/mol. The largest absolute Gasteiger partial charge is 0.351 e. The molecule has 25 heavy (non-hydrogen) atoms. The average molecular weight is 472 g/mol. The van der Waals surface area contributed by atoms with Gasteiger partial charge >= 0.3 is 0 Å². The van der Waals surface area contributed by atoms with Crippen molar-refractivity contribution in [2.75, 3.05) is 18.4 Å². The lowest BCUT2D eigenvalue weighted by molar-refractivity contribution is 0.0659. The second-order valence-electron chi connectivity index (χ2n) is 6.17. The number of hydrogen-bond acceptors (Lipinski definition) is 5. The van der Waals surface area contributed by atoms with Gasteiger partial charge in [0.05, 0.1) is 5.02 Å². The van der Waals surface area contributed by atoms with Crippen LogP contribution in [-0.2, 0) is 0 Å². The molecule has 0 saturated carbocycles. The first kappa shape index (κ1) is 18.3. The van der Waals surface area contributed by atoms with Crippen molar-refractivity contribution < 1.29 is 4.79 Å². The Bertz CT molecular complexity index is 725. The average Bonchev–Trinajstić information content (AvgIpc) is 2.64. The van der Waals surface area contributed by atoms with Crippen molar-refractivity contribution in [2.24, 2.45) is 5.92 Å². The van der Waals surface area contributed by atoms with Gasteiger partial charge in [-0.25, -0.2) is 15.0 Å². The number of anilines is 1. The topological polar surface area (TPSA) is 71.0 Å². The standard InChI is InChI=1S/C17H19ClIN5O/c1-11(23-17-21-8-14(19)9-22-17)12-3-2-6-24(10-12)16(25)15-5-4-13(18)7-20-15/h4-5,7-9,11-12H,2-3,6,10H2,1H3,(H,21,22,23). The zero-order chi connectivity index (χ0) is 17.8. The highest BCUT2D eigenvalue weighted by molar-refractivity contribution is 14.1. The molecule has 3 rings (SSSR count). The highest BCUT2D eigenvalue weighted by atomic mass is 127. The second kappa shape index (κ2) is 8.27. The molecule has 2 atom stereocenters. The fourth-order valence-electron chi connectivity index (χ4n) is 2.98. The number of hydrogen-bond donors (Lipinski definition) is 1. The minimum Gasteiger partial charge on any atom is -0.351 e. The molecule has 1 N–H and O–H groups in total. The maximum absolute atomic E-state index is 12.6. The van der Waals surface area contributed by atoms with E-state index in [2.05, 4.69) is 49.8 Å². The van der Waals surface area contributed by atoms with Crippen LogP contribution in [0.4, 0.5) is 5.95 Å². The van der Waals surface area contributed by atoms with Gasteiger partial charge < -0.3 is 10.2 Å². The van der Waals surface area contributed by atoms with Gasteiger partial charge in [0.1, 0.15) is 5.69 Å². The van der Waals surface area contributed by atoms with Crippen LogP contribution in [0.25, 0.3) is 0 Å². The van der Waals surface area contributed by atoms with Gasteiger partial charge in [0.2, 0.25) is 5.95 Å². The number of nitrogens with one attached hydrogen (secondary N) is 1. The summed E-state index contributed by atoms with van der Waals surface area (Å²) in [5, 5.41) is 3.88. The van der Waals surface area contributed by atoms with E-state index in [0.29, 0.717) is 29.1 Å². The van der Waals surface area contributed by atoms with E-state index in [1.54, 1.807) is 24.5 Å². The Morgan fingerprint density at radius 3 is 2.76 bits per heavy atom. The molecule has 8 heteroatoms. The molecule has 6 nitrogen and oxygen atoms in total. The predicted octanol–water partition coefficient (Wildman–Crippen LogP) is 3.48. The molecular formula is C17H19ClIN5O. The van der Waals surface area contributed by atoms with Crippen molar-refractivity contribution in [3.63, 3.8) is 0 Å². The number of amides is 1. The molecule has 2 aromatic heterocycles.